The first-order chi connectivity index (χ1) is 5.84. The van der Waals surface area contributed by atoms with Crippen molar-refractivity contribution in [3.8, 4) is 0 Å². The Bertz CT molecular complexity index is 120. The first-order valence-electron chi connectivity index (χ1n) is 4.72. The summed E-state index contributed by atoms with van der Waals surface area (Å²) in [5.74, 6) is 0.0625. The van der Waals surface area contributed by atoms with Gasteiger partial charge in [-0.25, -0.2) is 0 Å². The van der Waals surface area contributed by atoms with Crippen molar-refractivity contribution in [3.63, 3.8) is 0 Å². The van der Waals surface area contributed by atoms with Crippen LogP contribution in [0.2, 0.25) is 0 Å². The van der Waals surface area contributed by atoms with E-state index in [4.69, 9.17) is 4.74 Å². The van der Waals surface area contributed by atoms with Gasteiger partial charge < -0.3 is 10.1 Å². The van der Waals surface area contributed by atoms with Gasteiger partial charge in [-0.05, 0) is 19.9 Å². The maximum atomic E-state index is 11.0. The molecule has 1 fully saturated rings. The molecule has 1 atom stereocenters. The fourth-order valence-corrected chi connectivity index (χ4v) is 1.12. The van der Waals surface area contributed by atoms with Gasteiger partial charge in [-0.15, -0.1) is 0 Å². The van der Waals surface area contributed by atoms with Crippen LogP contribution in [0.1, 0.15) is 27.2 Å². The minimum atomic E-state index is -0.0486. The van der Waals surface area contributed by atoms with Crippen LogP contribution in [0, 0.1) is 5.92 Å². The molecule has 0 spiro atoms. The number of hydrogen-bond donors (Lipinski definition) is 1. The lowest BCUT2D eigenvalue weighted by Gasteiger charge is -2.05. The van der Waals surface area contributed by atoms with Crippen molar-refractivity contribution in [2.45, 2.75) is 27.2 Å². The molecule has 0 radical (unpaired) electrons. The minimum absolute atomic E-state index is 0.0486. The molecule has 0 unspecified atom stereocenters. The van der Waals surface area contributed by atoms with Crippen LogP contribution in [0.4, 0.5) is 0 Å². The second-order valence-electron chi connectivity index (χ2n) is 2.44. The van der Waals surface area contributed by atoms with Crippen molar-refractivity contribution in [2.75, 3.05) is 19.7 Å². The van der Waals surface area contributed by atoms with Crippen molar-refractivity contribution in [3.05, 3.63) is 0 Å². The van der Waals surface area contributed by atoms with Crippen molar-refractivity contribution in [1.82, 2.24) is 5.32 Å². The Kier molecular flexibility index (Phi) is 6.76. The van der Waals surface area contributed by atoms with Crippen molar-refractivity contribution >= 4 is 5.97 Å². The van der Waals surface area contributed by atoms with Crippen molar-refractivity contribution in [1.29, 1.82) is 0 Å². The molecule has 0 aromatic heterocycles. The Labute approximate surface area is 74.5 Å². The normalized spacial score (nSPS) is 21.1. The van der Waals surface area contributed by atoms with Crippen LogP contribution >= 0.6 is 0 Å². The van der Waals surface area contributed by atoms with Gasteiger partial charge in [0.2, 0.25) is 0 Å². The average Bonchev–Trinajstić information content (AvgIpc) is 2.60. The first kappa shape index (κ1) is 11.4. The van der Waals surface area contributed by atoms with E-state index in [-0.39, 0.29) is 11.9 Å². The number of carbonyl (C=O) groups is 1. The van der Waals surface area contributed by atoms with E-state index in [1.165, 1.54) is 0 Å². The quantitative estimate of drug-likeness (QED) is 0.637. The summed E-state index contributed by atoms with van der Waals surface area (Å²) in [6.45, 7) is 8.07. The number of nitrogens with one attached hydrogen (secondary N) is 1. The second kappa shape index (κ2) is 7.10. The molecule has 1 saturated heterocycles. The third kappa shape index (κ3) is 3.72. The molecular formula is C9H19NO2. The Morgan fingerprint density at radius 3 is 2.67 bits per heavy atom. The molecule has 72 valence electrons. The Hall–Kier alpha value is -0.570. The van der Waals surface area contributed by atoms with Crippen LogP contribution < -0.4 is 5.32 Å². The summed E-state index contributed by atoms with van der Waals surface area (Å²) >= 11 is 0. The molecule has 1 rings (SSSR count). The van der Waals surface area contributed by atoms with Gasteiger partial charge in [0, 0.05) is 6.54 Å². The minimum Gasteiger partial charge on any atom is -0.466 e. The monoisotopic (exact) mass is 173 g/mol. The van der Waals surface area contributed by atoms with Crippen LogP contribution in [-0.4, -0.2) is 25.7 Å². The molecule has 0 bridgehead atoms. The maximum Gasteiger partial charge on any atom is 0.310 e. The zero-order valence-electron chi connectivity index (χ0n) is 8.22. The average molecular weight is 173 g/mol. The summed E-state index contributed by atoms with van der Waals surface area (Å²) in [7, 11) is 0. The zero-order valence-corrected chi connectivity index (χ0v) is 8.22. The van der Waals surface area contributed by atoms with Gasteiger partial charge in [-0.2, -0.15) is 0 Å². The highest BCUT2D eigenvalue weighted by atomic mass is 16.5. The first-order valence-corrected chi connectivity index (χ1v) is 4.72. The third-order valence-corrected chi connectivity index (χ3v) is 1.68. The summed E-state index contributed by atoms with van der Waals surface area (Å²) in [5, 5.41) is 3.11. The highest BCUT2D eigenvalue weighted by Gasteiger charge is 2.22. The van der Waals surface area contributed by atoms with Gasteiger partial charge in [0.1, 0.15) is 0 Å². The molecule has 0 aromatic carbocycles. The van der Waals surface area contributed by atoms with Gasteiger partial charge in [-0.1, -0.05) is 13.8 Å². The standard InChI is InChI=1S/C7H13NO2.C2H6/c1-2-10-7(9)6-3-4-8-5-6;1-2/h6,8H,2-5H2,1H3;1-2H3/t6-;/m1./s1. The lowest BCUT2D eigenvalue weighted by atomic mass is 10.1. The van der Waals surface area contributed by atoms with E-state index in [0.717, 1.165) is 19.5 Å². The maximum absolute atomic E-state index is 11.0. The number of hydrogen-bond acceptors (Lipinski definition) is 3. The Balaban J connectivity index is 0.000000561. The molecule has 0 amide bonds. The third-order valence-electron chi connectivity index (χ3n) is 1.68. The molecule has 3 nitrogen and oxygen atoms in total. The lowest BCUT2D eigenvalue weighted by molar-refractivity contribution is -0.147. The van der Waals surface area contributed by atoms with E-state index in [0.29, 0.717) is 6.61 Å². The van der Waals surface area contributed by atoms with E-state index < -0.39 is 0 Å². The summed E-state index contributed by atoms with van der Waals surface area (Å²) in [6.07, 6.45) is 0.929. The number of rotatable bonds is 2. The molecule has 0 saturated carbocycles. The SMILES string of the molecule is CC.CCOC(=O)[C@@H]1CCNC1. The van der Waals surface area contributed by atoms with Crippen LogP contribution in [0.5, 0.6) is 0 Å². The largest absolute Gasteiger partial charge is 0.466 e. The van der Waals surface area contributed by atoms with Gasteiger partial charge >= 0.3 is 5.97 Å². The lowest BCUT2D eigenvalue weighted by Crippen LogP contribution is -2.19. The number of esters is 1. The predicted octanol–water partition coefficient (Wildman–Crippen LogP) is 1.19. The fraction of sp³-hybridized carbons (Fsp3) is 0.889. The van der Waals surface area contributed by atoms with Crippen LogP contribution in [0.25, 0.3) is 0 Å². The molecule has 1 N–H and O–H groups in total. The molecule has 0 aromatic rings. The van der Waals surface area contributed by atoms with Gasteiger partial charge in [0.25, 0.3) is 0 Å². The van der Waals surface area contributed by atoms with Crippen LogP contribution in [0.3, 0.4) is 0 Å². The second-order valence-corrected chi connectivity index (χ2v) is 2.44. The number of ether oxygens (including phenoxy) is 1. The van der Waals surface area contributed by atoms with E-state index >= 15 is 0 Å². The van der Waals surface area contributed by atoms with Crippen molar-refractivity contribution < 1.29 is 9.53 Å². The number of carbonyl (C=O) groups excluding carboxylic acids is 1. The molecule has 3 heteroatoms. The fourth-order valence-electron chi connectivity index (χ4n) is 1.12. The summed E-state index contributed by atoms with van der Waals surface area (Å²) in [5.41, 5.74) is 0. The Morgan fingerprint density at radius 1 is 1.58 bits per heavy atom. The zero-order chi connectivity index (χ0) is 9.40. The van der Waals surface area contributed by atoms with E-state index in [1.54, 1.807) is 0 Å². The van der Waals surface area contributed by atoms with Crippen molar-refractivity contribution in [2.24, 2.45) is 5.92 Å². The Morgan fingerprint density at radius 2 is 2.25 bits per heavy atom. The summed E-state index contributed by atoms with van der Waals surface area (Å²) in [6, 6.07) is 0. The molecular weight excluding hydrogens is 154 g/mol. The van der Waals surface area contributed by atoms with E-state index in [1.807, 2.05) is 20.8 Å². The highest BCUT2D eigenvalue weighted by molar-refractivity contribution is 5.73. The molecule has 1 aliphatic rings. The van der Waals surface area contributed by atoms with Crippen LogP contribution in [-0.2, 0) is 9.53 Å². The van der Waals surface area contributed by atoms with Crippen LogP contribution in [0.15, 0.2) is 0 Å². The predicted molar refractivity (Wildman–Crippen MR) is 49.0 cm³/mol. The van der Waals surface area contributed by atoms with E-state index in [2.05, 4.69) is 5.32 Å². The van der Waals surface area contributed by atoms with Gasteiger partial charge in [0.05, 0.1) is 12.5 Å². The highest BCUT2D eigenvalue weighted by Crippen LogP contribution is 2.08. The summed E-state index contributed by atoms with van der Waals surface area (Å²) in [4.78, 5) is 11.0. The van der Waals surface area contributed by atoms with Gasteiger partial charge in [-0.3, -0.25) is 4.79 Å². The summed E-state index contributed by atoms with van der Waals surface area (Å²) < 4.78 is 4.85. The molecule has 0 aliphatic carbocycles. The van der Waals surface area contributed by atoms with E-state index in [9.17, 15) is 4.79 Å². The van der Waals surface area contributed by atoms with Gasteiger partial charge in [0.15, 0.2) is 0 Å². The molecule has 1 heterocycles. The smallest absolute Gasteiger partial charge is 0.310 e. The molecule has 1 aliphatic heterocycles. The topological polar surface area (TPSA) is 38.3 Å². The molecule has 12 heavy (non-hydrogen) atoms.